The highest BCUT2D eigenvalue weighted by Gasteiger charge is 2.46. The molecule has 1 atom stereocenters. The largest absolute Gasteiger partial charge is 0.507 e. The molecule has 1 aliphatic carbocycles. The molecule has 182 valence electrons. The summed E-state index contributed by atoms with van der Waals surface area (Å²) >= 11 is 1.65. The summed E-state index contributed by atoms with van der Waals surface area (Å²) < 4.78 is 0. The number of Topliss-reactive ketones (excluding diaryl/α,β-unsaturated/α-hetero) is 1. The number of amidine groups is 1. The number of ketones is 1. The van der Waals surface area contributed by atoms with E-state index in [-0.39, 0.29) is 22.8 Å². The second-order valence-corrected chi connectivity index (χ2v) is 10.9. The summed E-state index contributed by atoms with van der Waals surface area (Å²) in [4.78, 5) is 21.1. The molecule has 0 saturated carbocycles. The van der Waals surface area contributed by atoms with Gasteiger partial charge in [0.1, 0.15) is 11.6 Å². The molecule has 6 heteroatoms. The van der Waals surface area contributed by atoms with Crippen LogP contribution in [0.15, 0.2) is 101 Å². The van der Waals surface area contributed by atoms with E-state index >= 15 is 0 Å². The third-order valence-electron chi connectivity index (χ3n) is 6.88. The number of aromatic nitrogens is 1. The van der Waals surface area contributed by atoms with E-state index in [1.165, 1.54) is 0 Å². The molecule has 2 aliphatic rings. The first-order chi connectivity index (χ1) is 17.3. The Morgan fingerprint density at radius 3 is 2.42 bits per heavy atom. The normalized spacial score (nSPS) is 20.9. The van der Waals surface area contributed by atoms with Crippen LogP contribution in [0.1, 0.15) is 43.7 Å². The quantitative estimate of drug-likeness (QED) is 0.301. The molecule has 0 spiro atoms. The average molecular weight is 496 g/mol. The number of carbonyl (C=O) groups is 1. The fourth-order valence-corrected chi connectivity index (χ4v) is 5.67. The summed E-state index contributed by atoms with van der Waals surface area (Å²) in [6.45, 7) is 4.18. The molecule has 0 radical (unpaired) electrons. The minimum atomic E-state index is -0.542. The lowest BCUT2D eigenvalue weighted by Crippen LogP contribution is -2.45. The Bertz CT molecular complexity index is 1380. The lowest BCUT2D eigenvalue weighted by atomic mass is 9.67. The van der Waals surface area contributed by atoms with Gasteiger partial charge in [-0.3, -0.25) is 20.1 Å². The number of anilines is 1. The van der Waals surface area contributed by atoms with Gasteiger partial charge in [-0.05, 0) is 47.9 Å². The Balaban J connectivity index is 1.84. The number of aliphatic hydroxyl groups excluding tert-OH is 1. The van der Waals surface area contributed by atoms with Crippen LogP contribution in [0.3, 0.4) is 0 Å². The van der Waals surface area contributed by atoms with E-state index in [9.17, 15) is 15.3 Å². The molecule has 2 heterocycles. The van der Waals surface area contributed by atoms with Gasteiger partial charge in [-0.25, -0.2) is 0 Å². The predicted molar refractivity (Wildman–Crippen MR) is 146 cm³/mol. The van der Waals surface area contributed by atoms with Gasteiger partial charge >= 0.3 is 0 Å². The molecule has 0 bridgehead atoms. The number of nitrogens with zero attached hydrogens (tertiary/aromatic N) is 2. The lowest BCUT2D eigenvalue weighted by Gasteiger charge is -2.45. The van der Waals surface area contributed by atoms with E-state index < -0.39 is 5.92 Å². The summed E-state index contributed by atoms with van der Waals surface area (Å²) in [5, 5.41) is 21.1. The van der Waals surface area contributed by atoms with Gasteiger partial charge in [0.15, 0.2) is 5.78 Å². The SMILES string of the molecule is CSc1ccc([C@H]2C3=C(CC(C)(C)CC3=O)N(c3cccnc3)C(=N)/C2=C(/O)c2ccccc2)cc1. The minimum absolute atomic E-state index is 0.0117. The molecular weight excluding hydrogens is 466 g/mol. The van der Waals surface area contributed by atoms with Gasteiger partial charge in [0.2, 0.25) is 0 Å². The van der Waals surface area contributed by atoms with Crippen LogP contribution in [-0.4, -0.2) is 28.0 Å². The average Bonchev–Trinajstić information content (AvgIpc) is 2.88. The van der Waals surface area contributed by atoms with Crippen LogP contribution >= 0.6 is 11.8 Å². The number of benzene rings is 2. The summed E-state index contributed by atoms with van der Waals surface area (Å²) in [6, 6.07) is 21.1. The first-order valence-corrected chi connectivity index (χ1v) is 13.2. The van der Waals surface area contributed by atoms with Gasteiger partial charge in [-0.1, -0.05) is 56.3 Å². The van der Waals surface area contributed by atoms with Crippen LogP contribution in [0.5, 0.6) is 0 Å². The number of nitrogens with one attached hydrogen (secondary N) is 1. The summed E-state index contributed by atoms with van der Waals surface area (Å²) in [6.07, 6.45) is 6.48. The summed E-state index contributed by atoms with van der Waals surface area (Å²) in [7, 11) is 0. The van der Waals surface area contributed by atoms with Gasteiger partial charge in [0, 0.05) is 45.8 Å². The van der Waals surface area contributed by atoms with E-state index in [1.807, 2.05) is 77.9 Å². The number of carbonyl (C=O) groups excluding carboxylic acids is 1. The Morgan fingerprint density at radius 2 is 1.78 bits per heavy atom. The second kappa shape index (κ2) is 9.43. The van der Waals surface area contributed by atoms with Crippen molar-refractivity contribution in [1.29, 1.82) is 5.41 Å². The molecule has 5 rings (SSSR count). The maximum atomic E-state index is 13.9. The minimum Gasteiger partial charge on any atom is -0.507 e. The fourth-order valence-electron chi connectivity index (χ4n) is 5.27. The number of hydrogen-bond acceptors (Lipinski definition) is 5. The molecule has 0 fully saturated rings. The molecule has 0 saturated heterocycles. The van der Waals surface area contributed by atoms with Gasteiger partial charge < -0.3 is 5.11 Å². The van der Waals surface area contributed by atoms with E-state index in [0.717, 1.165) is 16.2 Å². The van der Waals surface area contributed by atoms with Crippen molar-refractivity contribution in [2.45, 2.75) is 37.5 Å². The van der Waals surface area contributed by atoms with Crippen LogP contribution in [0, 0.1) is 10.8 Å². The summed E-state index contributed by atoms with van der Waals surface area (Å²) in [5.74, 6) is -0.315. The molecule has 2 N–H and O–H groups in total. The Kier molecular flexibility index (Phi) is 6.31. The van der Waals surface area contributed by atoms with Crippen molar-refractivity contribution in [2.75, 3.05) is 11.2 Å². The van der Waals surface area contributed by atoms with Crippen molar-refractivity contribution < 1.29 is 9.90 Å². The maximum absolute atomic E-state index is 13.9. The number of thioether (sulfide) groups is 1. The van der Waals surface area contributed by atoms with E-state index in [0.29, 0.717) is 35.2 Å². The molecule has 1 aliphatic heterocycles. The lowest BCUT2D eigenvalue weighted by molar-refractivity contribution is -0.118. The van der Waals surface area contributed by atoms with E-state index in [4.69, 9.17) is 0 Å². The van der Waals surface area contributed by atoms with Crippen molar-refractivity contribution in [3.8, 4) is 0 Å². The van der Waals surface area contributed by atoms with Crippen molar-refractivity contribution >= 4 is 34.8 Å². The van der Waals surface area contributed by atoms with Crippen molar-refractivity contribution in [2.24, 2.45) is 5.41 Å². The molecule has 5 nitrogen and oxygen atoms in total. The van der Waals surface area contributed by atoms with Crippen LogP contribution in [0.25, 0.3) is 5.76 Å². The van der Waals surface area contributed by atoms with Gasteiger partial charge in [0.05, 0.1) is 11.9 Å². The molecular formula is C30H29N3O2S. The zero-order valence-electron chi connectivity index (χ0n) is 20.7. The van der Waals surface area contributed by atoms with E-state index in [2.05, 4.69) is 18.8 Å². The molecule has 0 unspecified atom stereocenters. The predicted octanol–water partition coefficient (Wildman–Crippen LogP) is 7.00. The topological polar surface area (TPSA) is 77.3 Å². The fraction of sp³-hybridized carbons (Fsp3) is 0.233. The monoisotopic (exact) mass is 495 g/mol. The summed E-state index contributed by atoms with van der Waals surface area (Å²) in [5.41, 5.74) is 3.86. The van der Waals surface area contributed by atoms with Crippen LogP contribution in [0.4, 0.5) is 5.69 Å². The van der Waals surface area contributed by atoms with Crippen molar-refractivity contribution in [1.82, 2.24) is 4.98 Å². The smallest absolute Gasteiger partial charge is 0.162 e. The second-order valence-electron chi connectivity index (χ2n) is 10.0. The highest BCUT2D eigenvalue weighted by molar-refractivity contribution is 7.98. The van der Waals surface area contributed by atoms with Gasteiger partial charge in [0.25, 0.3) is 0 Å². The van der Waals surface area contributed by atoms with E-state index in [1.54, 1.807) is 24.2 Å². The zero-order chi connectivity index (χ0) is 25.4. The molecule has 1 aromatic heterocycles. The van der Waals surface area contributed by atoms with Crippen LogP contribution in [-0.2, 0) is 4.79 Å². The Labute approximate surface area is 216 Å². The zero-order valence-corrected chi connectivity index (χ0v) is 21.5. The number of rotatable bonds is 4. The Hall–Kier alpha value is -3.64. The molecule has 3 aromatic rings. The maximum Gasteiger partial charge on any atom is 0.162 e. The number of hydrogen-bond donors (Lipinski definition) is 2. The number of pyridine rings is 1. The highest BCUT2D eigenvalue weighted by atomic mass is 32.2. The van der Waals surface area contributed by atoms with Gasteiger partial charge in [-0.2, -0.15) is 0 Å². The first kappa shape index (κ1) is 24.1. The molecule has 2 aromatic carbocycles. The molecule has 36 heavy (non-hydrogen) atoms. The van der Waals surface area contributed by atoms with Crippen LogP contribution < -0.4 is 4.90 Å². The first-order valence-electron chi connectivity index (χ1n) is 12.0. The van der Waals surface area contributed by atoms with Crippen LogP contribution in [0.2, 0.25) is 0 Å². The third kappa shape index (κ3) is 4.26. The molecule has 0 amide bonds. The highest BCUT2D eigenvalue weighted by Crippen LogP contribution is 2.51. The Morgan fingerprint density at radius 1 is 1.06 bits per heavy atom. The standard InChI is InChI=1S/C30H29N3O2S/c1-30(2)16-23-26(24(34)17-30)25(19-11-13-22(36-3)14-12-19)27(28(35)20-8-5-4-6-9-20)29(31)33(23)21-10-7-15-32-18-21/h4-15,18,25,31,35H,16-17H2,1-3H3/b28-27+,31-29?/t25-/m0/s1. The number of aliphatic hydroxyl groups is 1. The van der Waals surface area contributed by atoms with Gasteiger partial charge in [-0.15, -0.1) is 11.8 Å². The van der Waals surface area contributed by atoms with Crippen molar-refractivity contribution in [3.63, 3.8) is 0 Å². The van der Waals surface area contributed by atoms with Crippen molar-refractivity contribution in [3.05, 3.63) is 107 Å². The third-order valence-corrected chi connectivity index (χ3v) is 7.62. The number of allylic oxidation sites excluding steroid dienone is 2.